The molecule has 0 bridgehead atoms. The van der Waals surface area contributed by atoms with Crippen molar-refractivity contribution < 1.29 is 8.78 Å². The molecular weight excluding hydrogens is 402 g/mol. The number of benzene rings is 3. The van der Waals surface area contributed by atoms with Crippen molar-refractivity contribution in [2.75, 3.05) is 6.26 Å². The summed E-state index contributed by atoms with van der Waals surface area (Å²) in [6.45, 7) is 1.67. The minimum absolute atomic E-state index is 0.338. The SMILES string of the molecule is CSc1ccc(-c2cnn(-c3ccc(F)cc3)c(=O)c2-c2ccc(C)c(F)c2)cc1. The Labute approximate surface area is 177 Å². The highest BCUT2D eigenvalue weighted by molar-refractivity contribution is 7.98. The van der Waals surface area contributed by atoms with Gasteiger partial charge in [0.15, 0.2) is 0 Å². The van der Waals surface area contributed by atoms with Crippen LogP contribution in [0.3, 0.4) is 0 Å². The molecule has 0 unspecified atom stereocenters. The fourth-order valence-corrected chi connectivity index (χ4v) is 3.64. The largest absolute Gasteiger partial charge is 0.280 e. The first-order chi connectivity index (χ1) is 14.5. The Morgan fingerprint density at radius 2 is 1.57 bits per heavy atom. The molecular formula is C24H18F2N2OS. The maximum atomic E-state index is 14.3. The molecule has 0 saturated carbocycles. The highest BCUT2D eigenvalue weighted by atomic mass is 32.2. The van der Waals surface area contributed by atoms with Crippen LogP contribution in [0.1, 0.15) is 5.56 Å². The summed E-state index contributed by atoms with van der Waals surface area (Å²) in [7, 11) is 0. The summed E-state index contributed by atoms with van der Waals surface area (Å²) in [6.07, 6.45) is 3.58. The summed E-state index contributed by atoms with van der Waals surface area (Å²) in [6, 6.07) is 18.0. The molecule has 4 aromatic rings. The molecule has 0 aliphatic carbocycles. The van der Waals surface area contributed by atoms with Crippen molar-refractivity contribution in [1.82, 2.24) is 9.78 Å². The fourth-order valence-electron chi connectivity index (χ4n) is 3.24. The van der Waals surface area contributed by atoms with E-state index in [2.05, 4.69) is 5.10 Å². The smallest absolute Gasteiger partial charge is 0.267 e. The van der Waals surface area contributed by atoms with Crippen molar-refractivity contribution in [3.8, 4) is 27.9 Å². The van der Waals surface area contributed by atoms with Crippen LogP contribution in [0.25, 0.3) is 27.9 Å². The number of nitrogens with zero attached hydrogens (tertiary/aromatic N) is 2. The van der Waals surface area contributed by atoms with Gasteiger partial charge in [0.25, 0.3) is 5.56 Å². The van der Waals surface area contributed by atoms with Gasteiger partial charge in [-0.2, -0.15) is 9.78 Å². The molecule has 0 radical (unpaired) electrons. The first-order valence-corrected chi connectivity index (χ1v) is 10.5. The van der Waals surface area contributed by atoms with Gasteiger partial charge in [-0.25, -0.2) is 8.78 Å². The van der Waals surface area contributed by atoms with Crippen LogP contribution in [0.5, 0.6) is 0 Å². The Balaban J connectivity index is 1.97. The van der Waals surface area contributed by atoms with E-state index in [0.29, 0.717) is 27.9 Å². The lowest BCUT2D eigenvalue weighted by atomic mass is 9.96. The van der Waals surface area contributed by atoms with Crippen molar-refractivity contribution in [2.24, 2.45) is 0 Å². The average Bonchev–Trinajstić information content (AvgIpc) is 2.76. The third-order valence-electron chi connectivity index (χ3n) is 4.91. The van der Waals surface area contributed by atoms with Crippen LogP contribution in [-0.2, 0) is 0 Å². The molecule has 1 heterocycles. The number of hydrogen-bond acceptors (Lipinski definition) is 3. The first-order valence-electron chi connectivity index (χ1n) is 9.27. The lowest BCUT2D eigenvalue weighted by Gasteiger charge is -2.13. The van der Waals surface area contributed by atoms with E-state index in [1.165, 1.54) is 35.0 Å². The summed E-state index contributed by atoms with van der Waals surface area (Å²) in [5.41, 5.74) is 2.73. The predicted molar refractivity (Wildman–Crippen MR) is 117 cm³/mol. The van der Waals surface area contributed by atoms with Crippen molar-refractivity contribution >= 4 is 11.8 Å². The zero-order valence-corrected chi connectivity index (χ0v) is 17.2. The van der Waals surface area contributed by atoms with Gasteiger partial charge in [-0.05, 0) is 72.3 Å². The Bertz CT molecular complexity index is 1270. The zero-order valence-electron chi connectivity index (χ0n) is 16.4. The van der Waals surface area contributed by atoms with E-state index in [0.717, 1.165) is 10.5 Å². The minimum atomic E-state index is -0.406. The standard InChI is InChI=1S/C24H18F2N2OS/c1-15-3-4-17(13-22(15)26)23-21(16-5-11-20(30-2)12-6-16)14-27-28(24(23)29)19-9-7-18(25)8-10-19/h3-14H,1-2H3. The molecule has 0 aliphatic heterocycles. The summed E-state index contributed by atoms with van der Waals surface area (Å²) in [5, 5.41) is 4.31. The van der Waals surface area contributed by atoms with Crippen LogP contribution in [0.4, 0.5) is 8.78 Å². The van der Waals surface area contributed by atoms with E-state index < -0.39 is 11.4 Å². The molecule has 4 rings (SSSR count). The van der Waals surface area contributed by atoms with Gasteiger partial charge in [-0.3, -0.25) is 4.79 Å². The predicted octanol–water partition coefficient (Wildman–Crippen LogP) is 5.88. The van der Waals surface area contributed by atoms with Gasteiger partial charge in [0.2, 0.25) is 0 Å². The number of thioether (sulfide) groups is 1. The summed E-state index contributed by atoms with van der Waals surface area (Å²) >= 11 is 1.62. The fraction of sp³-hybridized carbons (Fsp3) is 0.0833. The minimum Gasteiger partial charge on any atom is -0.267 e. The van der Waals surface area contributed by atoms with E-state index in [1.54, 1.807) is 37.0 Å². The third kappa shape index (κ3) is 3.78. The Morgan fingerprint density at radius 3 is 2.20 bits per heavy atom. The molecule has 0 amide bonds. The van der Waals surface area contributed by atoms with Gasteiger partial charge in [0.1, 0.15) is 11.6 Å². The highest BCUT2D eigenvalue weighted by Gasteiger charge is 2.17. The van der Waals surface area contributed by atoms with E-state index in [9.17, 15) is 13.6 Å². The van der Waals surface area contributed by atoms with Crippen LogP contribution in [0, 0.1) is 18.6 Å². The lowest BCUT2D eigenvalue weighted by molar-refractivity contribution is 0.619. The van der Waals surface area contributed by atoms with Crippen LogP contribution in [-0.4, -0.2) is 16.0 Å². The maximum absolute atomic E-state index is 14.3. The average molecular weight is 420 g/mol. The van der Waals surface area contributed by atoms with Gasteiger partial charge >= 0.3 is 0 Å². The third-order valence-corrected chi connectivity index (χ3v) is 5.65. The van der Waals surface area contributed by atoms with Crippen LogP contribution >= 0.6 is 11.8 Å². The second-order valence-corrected chi connectivity index (χ2v) is 7.70. The van der Waals surface area contributed by atoms with Crippen LogP contribution in [0.2, 0.25) is 0 Å². The van der Waals surface area contributed by atoms with E-state index >= 15 is 0 Å². The van der Waals surface area contributed by atoms with E-state index in [4.69, 9.17) is 0 Å². The molecule has 1 aromatic heterocycles. The first kappa shape index (κ1) is 20.0. The summed E-state index contributed by atoms with van der Waals surface area (Å²) < 4.78 is 28.9. The molecule has 0 spiro atoms. The number of halogens is 2. The molecule has 0 aliphatic rings. The maximum Gasteiger partial charge on any atom is 0.280 e. The Hall–Kier alpha value is -3.25. The molecule has 0 saturated heterocycles. The number of aryl methyl sites for hydroxylation is 1. The van der Waals surface area contributed by atoms with Crippen molar-refractivity contribution in [2.45, 2.75) is 11.8 Å². The second kappa shape index (κ2) is 8.24. The van der Waals surface area contributed by atoms with E-state index in [1.807, 2.05) is 30.5 Å². The Kier molecular flexibility index (Phi) is 5.50. The van der Waals surface area contributed by atoms with E-state index in [-0.39, 0.29) is 5.82 Å². The monoisotopic (exact) mass is 420 g/mol. The normalized spacial score (nSPS) is 10.9. The number of rotatable bonds is 4. The Morgan fingerprint density at radius 1 is 0.900 bits per heavy atom. The quantitative estimate of drug-likeness (QED) is 0.387. The van der Waals surface area contributed by atoms with Gasteiger partial charge in [0.05, 0.1) is 17.4 Å². The van der Waals surface area contributed by atoms with Gasteiger partial charge in [-0.15, -0.1) is 11.8 Å². The van der Waals surface area contributed by atoms with Gasteiger partial charge in [0, 0.05) is 10.5 Å². The van der Waals surface area contributed by atoms with Gasteiger partial charge < -0.3 is 0 Å². The molecule has 150 valence electrons. The highest BCUT2D eigenvalue weighted by Crippen LogP contribution is 2.31. The van der Waals surface area contributed by atoms with Gasteiger partial charge in [-0.1, -0.05) is 24.3 Å². The number of aromatic nitrogens is 2. The van der Waals surface area contributed by atoms with Crippen LogP contribution < -0.4 is 5.56 Å². The summed E-state index contributed by atoms with van der Waals surface area (Å²) in [5.74, 6) is -0.793. The molecule has 30 heavy (non-hydrogen) atoms. The van der Waals surface area contributed by atoms with Crippen molar-refractivity contribution in [3.05, 3.63) is 100 Å². The second-order valence-electron chi connectivity index (χ2n) is 6.82. The van der Waals surface area contributed by atoms with Crippen molar-refractivity contribution in [1.29, 1.82) is 0 Å². The molecule has 0 fully saturated rings. The summed E-state index contributed by atoms with van der Waals surface area (Å²) in [4.78, 5) is 14.5. The molecule has 0 atom stereocenters. The molecule has 3 nitrogen and oxygen atoms in total. The number of hydrogen-bond donors (Lipinski definition) is 0. The molecule has 0 N–H and O–H groups in total. The zero-order chi connectivity index (χ0) is 21.3. The molecule has 3 aromatic carbocycles. The topological polar surface area (TPSA) is 34.9 Å². The lowest BCUT2D eigenvalue weighted by Crippen LogP contribution is -2.23. The molecule has 6 heteroatoms. The van der Waals surface area contributed by atoms with Crippen molar-refractivity contribution in [3.63, 3.8) is 0 Å². The van der Waals surface area contributed by atoms with Crippen LogP contribution in [0.15, 0.2) is 82.6 Å².